The van der Waals surface area contributed by atoms with E-state index in [2.05, 4.69) is 39.6 Å². The average Bonchev–Trinajstić information content (AvgIpc) is 3.54. The van der Waals surface area contributed by atoms with Gasteiger partial charge in [-0.3, -0.25) is 0 Å². The highest BCUT2D eigenvalue weighted by Crippen LogP contribution is 2.47. The second-order valence-electron chi connectivity index (χ2n) is 8.90. The van der Waals surface area contributed by atoms with E-state index in [1.807, 2.05) is 48.0 Å². The highest BCUT2D eigenvalue weighted by atomic mass is 32.1. The molecule has 0 amide bonds. The predicted molar refractivity (Wildman–Crippen MR) is 134 cm³/mol. The van der Waals surface area contributed by atoms with Crippen LogP contribution in [0.15, 0.2) is 55.2 Å². The van der Waals surface area contributed by atoms with Crippen molar-refractivity contribution in [1.29, 1.82) is 0 Å². The van der Waals surface area contributed by atoms with Gasteiger partial charge in [0.25, 0.3) is 0 Å². The van der Waals surface area contributed by atoms with Crippen molar-refractivity contribution in [2.45, 2.75) is 18.9 Å². The third-order valence-electron chi connectivity index (χ3n) is 6.41. The molecule has 6 rings (SSSR count). The first-order valence-corrected chi connectivity index (χ1v) is 12.2. The second kappa shape index (κ2) is 8.34. The maximum atomic E-state index is 9.49. The third-order valence-corrected chi connectivity index (χ3v) is 7.51. The molecule has 5 aromatic rings. The number of imidazole rings is 2. The van der Waals surface area contributed by atoms with Gasteiger partial charge in [-0.15, -0.1) is 11.3 Å². The number of benzene rings is 1. The fourth-order valence-corrected chi connectivity index (χ4v) is 5.73. The van der Waals surface area contributed by atoms with Gasteiger partial charge in [0.2, 0.25) is 0 Å². The molecule has 0 aliphatic heterocycles. The normalized spacial score (nSPS) is 17.7. The summed E-state index contributed by atoms with van der Waals surface area (Å²) in [6.45, 7) is 0.230. The SMILES string of the molecule is Cn1cnc(-c2sc3nc(-c4nccn4C)nc(NC4CC(CO)C4)c3c2-c2ccccc2)c1. The van der Waals surface area contributed by atoms with Crippen LogP contribution in [-0.2, 0) is 14.1 Å². The van der Waals surface area contributed by atoms with Crippen molar-refractivity contribution in [3.8, 4) is 33.3 Å². The van der Waals surface area contributed by atoms with E-state index >= 15 is 0 Å². The zero-order chi connectivity index (χ0) is 23.2. The molecule has 1 saturated carbocycles. The van der Waals surface area contributed by atoms with Gasteiger partial charge in [-0.2, -0.15) is 0 Å². The standard InChI is InChI=1S/C25H25N7OS/c1-31-12-18(27-14-31)21-19(16-6-4-3-5-7-16)20-22(28-17-10-15(11-17)13-33)29-23(30-25(20)34-21)24-26-8-9-32(24)2/h3-9,12,14-15,17,33H,10-11,13H2,1-2H3,(H,28,29,30). The Hall–Kier alpha value is -3.56. The zero-order valence-corrected chi connectivity index (χ0v) is 19.8. The lowest BCUT2D eigenvalue weighted by Crippen LogP contribution is -2.37. The summed E-state index contributed by atoms with van der Waals surface area (Å²) in [6, 6.07) is 10.6. The first kappa shape index (κ1) is 21.0. The number of anilines is 1. The van der Waals surface area contributed by atoms with Crippen molar-refractivity contribution < 1.29 is 5.11 Å². The van der Waals surface area contributed by atoms with E-state index in [-0.39, 0.29) is 12.6 Å². The van der Waals surface area contributed by atoms with Crippen molar-refractivity contribution in [3.63, 3.8) is 0 Å². The van der Waals surface area contributed by atoms with Crippen LogP contribution in [0.25, 0.3) is 43.6 Å². The molecule has 2 N–H and O–H groups in total. The summed E-state index contributed by atoms with van der Waals surface area (Å²) < 4.78 is 3.89. The van der Waals surface area contributed by atoms with Crippen molar-refractivity contribution in [2.24, 2.45) is 20.0 Å². The zero-order valence-electron chi connectivity index (χ0n) is 19.0. The topological polar surface area (TPSA) is 93.7 Å². The smallest absolute Gasteiger partial charge is 0.199 e. The maximum Gasteiger partial charge on any atom is 0.199 e. The highest BCUT2D eigenvalue weighted by molar-refractivity contribution is 7.22. The largest absolute Gasteiger partial charge is 0.396 e. The Bertz CT molecular complexity index is 1460. The highest BCUT2D eigenvalue weighted by Gasteiger charge is 2.31. The first-order valence-electron chi connectivity index (χ1n) is 11.3. The van der Waals surface area contributed by atoms with E-state index in [0.29, 0.717) is 11.7 Å². The molecule has 0 saturated heterocycles. The van der Waals surface area contributed by atoms with E-state index in [1.165, 1.54) is 0 Å². The van der Waals surface area contributed by atoms with E-state index in [4.69, 9.17) is 9.97 Å². The predicted octanol–water partition coefficient (Wildman–Crippen LogP) is 4.34. The number of aliphatic hydroxyl groups excluding tert-OH is 1. The molecular weight excluding hydrogens is 446 g/mol. The van der Waals surface area contributed by atoms with Crippen LogP contribution < -0.4 is 5.32 Å². The molecule has 8 nitrogen and oxygen atoms in total. The summed E-state index contributed by atoms with van der Waals surface area (Å²) in [5, 5.41) is 14.2. The summed E-state index contributed by atoms with van der Waals surface area (Å²) in [6.07, 6.45) is 9.38. The number of aryl methyl sites for hydroxylation is 2. The first-order chi connectivity index (χ1) is 16.6. The van der Waals surface area contributed by atoms with Gasteiger partial charge < -0.3 is 19.6 Å². The molecule has 4 aromatic heterocycles. The molecule has 4 heterocycles. The summed E-state index contributed by atoms with van der Waals surface area (Å²) in [5.74, 6) is 2.47. The van der Waals surface area contributed by atoms with Crippen LogP contribution in [0.5, 0.6) is 0 Å². The van der Waals surface area contributed by atoms with Gasteiger partial charge in [0, 0.05) is 50.9 Å². The number of nitrogens with zero attached hydrogens (tertiary/aromatic N) is 6. The Morgan fingerprint density at radius 1 is 1.12 bits per heavy atom. The molecule has 1 fully saturated rings. The van der Waals surface area contributed by atoms with Crippen LogP contribution >= 0.6 is 11.3 Å². The Balaban J connectivity index is 1.60. The molecule has 1 aliphatic carbocycles. The quantitative estimate of drug-likeness (QED) is 0.383. The minimum absolute atomic E-state index is 0.230. The van der Waals surface area contributed by atoms with Crippen LogP contribution in [0.4, 0.5) is 5.82 Å². The summed E-state index contributed by atoms with van der Waals surface area (Å²) >= 11 is 1.63. The van der Waals surface area contributed by atoms with Gasteiger partial charge in [0.05, 0.1) is 22.3 Å². The Morgan fingerprint density at radius 3 is 2.62 bits per heavy atom. The van der Waals surface area contributed by atoms with Gasteiger partial charge in [0.1, 0.15) is 10.6 Å². The average molecular weight is 472 g/mol. The van der Waals surface area contributed by atoms with E-state index in [9.17, 15) is 5.11 Å². The number of aliphatic hydroxyl groups is 1. The number of hydrogen-bond acceptors (Lipinski definition) is 7. The monoisotopic (exact) mass is 471 g/mol. The molecule has 34 heavy (non-hydrogen) atoms. The molecular formula is C25H25N7OS. The van der Waals surface area contributed by atoms with Gasteiger partial charge in [-0.05, 0) is 24.3 Å². The maximum absolute atomic E-state index is 9.49. The molecule has 0 radical (unpaired) electrons. The van der Waals surface area contributed by atoms with Crippen LogP contribution in [0.1, 0.15) is 12.8 Å². The van der Waals surface area contributed by atoms with Crippen LogP contribution in [0, 0.1) is 5.92 Å². The summed E-state index contributed by atoms with van der Waals surface area (Å²) in [5.41, 5.74) is 3.11. The third kappa shape index (κ3) is 3.57. The van der Waals surface area contributed by atoms with Gasteiger partial charge >= 0.3 is 0 Å². The van der Waals surface area contributed by atoms with Crippen molar-refractivity contribution >= 4 is 27.4 Å². The number of fused-ring (bicyclic) bond motifs is 1. The number of aromatic nitrogens is 6. The molecule has 9 heteroatoms. The van der Waals surface area contributed by atoms with Crippen molar-refractivity contribution in [2.75, 3.05) is 11.9 Å². The van der Waals surface area contributed by atoms with E-state index in [0.717, 1.165) is 56.4 Å². The Morgan fingerprint density at radius 2 is 1.94 bits per heavy atom. The van der Waals surface area contributed by atoms with Crippen LogP contribution in [0.3, 0.4) is 0 Å². The Labute approximate surface area is 201 Å². The lowest BCUT2D eigenvalue weighted by Gasteiger charge is -2.35. The molecule has 0 spiro atoms. The lowest BCUT2D eigenvalue weighted by molar-refractivity contribution is 0.151. The summed E-state index contributed by atoms with van der Waals surface area (Å²) in [4.78, 5) is 21.1. The molecule has 0 atom stereocenters. The fourth-order valence-electron chi connectivity index (χ4n) is 4.57. The minimum atomic E-state index is 0.230. The number of rotatable bonds is 6. The molecule has 0 unspecified atom stereocenters. The van der Waals surface area contributed by atoms with E-state index < -0.39 is 0 Å². The van der Waals surface area contributed by atoms with E-state index in [1.54, 1.807) is 17.5 Å². The van der Waals surface area contributed by atoms with Crippen molar-refractivity contribution in [3.05, 3.63) is 55.2 Å². The van der Waals surface area contributed by atoms with Crippen molar-refractivity contribution in [1.82, 2.24) is 29.1 Å². The molecule has 1 aliphatic rings. The molecule has 0 bridgehead atoms. The second-order valence-corrected chi connectivity index (χ2v) is 9.89. The van der Waals surface area contributed by atoms with Gasteiger partial charge in [0.15, 0.2) is 11.6 Å². The number of nitrogens with one attached hydrogen (secondary N) is 1. The number of thiophene rings is 1. The van der Waals surface area contributed by atoms with Gasteiger partial charge in [-0.1, -0.05) is 30.3 Å². The fraction of sp³-hybridized carbons (Fsp3) is 0.280. The van der Waals surface area contributed by atoms with Crippen LogP contribution in [-0.4, -0.2) is 46.8 Å². The lowest BCUT2D eigenvalue weighted by atomic mass is 9.81. The molecule has 1 aromatic carbocycles. The van der Waals surface area contributed by atoms with Crippen LogP contribution in [0.2, 0.25) is 0 Å². The Kier molecular flexibility index (Phi) is 5.15. The number of hydrogen-bond donors (Lipinski definition) is 2. The molecule has 172 valence electrons. The van der Waals surface area contributed by atoms with Gasteiger partial charge in [-0.25, -0.2) is 19.9 Å². The summed E-state index contributed by atoms with van der Waals surface area (Å²) in [7, 11) is 3.93. The minimum Gasteiger partial charge on any atom is -0.396 e.